The number of nitriles is 1. The van der Waals surface area contributed by atoms with Crippen molar-refractivity contribution in [2.45, 2.75) is 18.1 Å². The van der Waals surface area contributed by atoms with Crippen LogP contribution < -0.4 is 0 Å². The zero-order valence-electron chi connectivity index (χ0n) is 18.6. The van der Waals surface area contributed by atoms with Crippen LogP contribution in [0.25, 0.3) is 28.0 Å². The predicted molar refractivity (Wildman–Crippen MR) is 134 cm³/mol. The van der Waals surface area contributed by atoms with Gasteiger partial charge in [-0.25, -0.2) is 4.39 Å². The smallest absolute Gasteiger partial charge is 0.196 e. The topological polar surface area (TPSA) is 76.5 Å². The van der Waals surface area contributed by atoms with Crippen LogP contribution in [0.4, 0.5) is 4.39 Å². The molecule has 0 aliphatic heterocycles. The lowest BCUT2D eigenvalue weighted by Gasteiger charge is -2.10. The number of hydrogen-bond donors (Lipinski definition) is 0. The van der Waals surface area contributed by atoms with Gasteiger partial charge in [0.1, 0.15) is 5.82 Å². The Kier molecular flexibility index (Phi) is 6.42. The van der Waals surface area contributed by atoms with Crippen molar-refractivity contribution in [2.75, 3.05) is 5.75 Å². The number of thioether (sulfide) groups is 1. The summed E-state index contributed by atoms with van der Waals surface area (Å²) in [4.78, 5) is 13.3. The van der Waals surface area contributed by atoms with Crippen LogP contribution in [0.3, 0.4) is 0 Å². The van der Waals surface area contributed by atoms with Gasteiger partial charge in [0.2, 0.25) is 0 Å². The first-order chi connectivity index (χ1) is 17.2. The molecular formula is C27H20FN5OS. The molecule has 0 saturated heterocycles. The average Bonchev–Trinajstić information content (AvgIpc) is 3.49. The van der Waals surface area contributed by atoms with Crippen molar-refractivity contribution >= 4 is 28.4 Å². The number of carbonyl (C=O) groups is 1. The Morgan fingerprint density at radius 2 is 1.71 bits per heavy atom. The number of nitrogens with zero attached hydrogens (tertiary/aromatic N) is 5. The summed E-state index contributed by atoms with van der Waals surface area (Å²) in [5, 5.41) is 19.1. The molecule has 0 atom stereocenters. The van der Waals surface area contributed by atoms with Crippen LogP contribution in [0.2, 0.25) is 0 Å². The van der Waals surface area contributed by atoms with Gasteiger partial charge < -0.3 is 4.57 Å². The maximum Gasteiger partial charge on any atom is 0.196 e. The van der Waals surface area contributed by atoms with E-state index in [1.807, 2.05) is 69.9 Å². The number of fused-ring (bicyclic) bond motifs is 1. The fourth-order valence-corrected chi connectivity index (χ4v) is 4.83. The summed E-state index contributed by atoms with van der Waals surface area (Å²) in [6.07, 6.45) is 2.19. The highest BCUT2D eigenvalue weighted by molar-refractivity contribution is 7.99. The molecule has 0 N–H and O–H groups in total. The minimum Gasteiger partial charge on any atom is -0.346 e. The van der Waals surface area contributed by atoms with Crippen molar-refractivity contribution in [1.82, 2.24) is 19.3 Å². The highest BCUT2D eigenvalue weighted by Gasteiger charge is 2.20. The highest BCUT2D eigenvalue weighted by Crippen LogP contribution is 2.30. The van der Waals surface area contributed by atoms with E-state index in [2.05, 4.69) is 16.3 Å². The zero-order valence-corrected chi connectivity index (χ0v) is 19.5. The third-order valence-corrected chi connectivity index (χ3v) is 6.56. The Morgan fingerprint density at radius 1 is 0.971 bits per heavy atom. The minimum atomic E-state index is -0.333. The monoisotopic (exact) mass is 481 g/mol. The second-order valence-electron chi connectivity index (χ2n) is 7.86. The molecule has 0 bridgehead atoms. The number of hydrogen-bond acceptors (Lipinski definition) is 5. The van der Waals surface area contributed by atoms with E-state index in [-0.39, 0.29) is 17.4 Å². The van der Waals surface area contributed by atoms with Gasteiger partial charge in [0, 0.05) is 40.5 Å². The van der Waals surface area contributed by atoms with Crippen LogP contribution in [0.15, 0.2) is 90.2 Å². The summed E-state index contributed by atoms with van der Waals surface area (Å²) in [6, 6.07) is 25.6. The van der Waals surface area contributed by atoms with E-state index < -0.39 is 0 Å². The molecule has 6 nitrogen and oxygen atoms in total. The van der Waals surface area contributed by atoms with Crippen molar-refractivity contribution in [3.63, 3.8) is 0 Å². The zero-order chi connectivity index (χ0) is 24.2. The minimum absolute atomic E-state index is 0.0446. The van der Waals surface area contributed by atoms with Crippen molar-refractivity contribution in [2.24, 2.45) is 0 Å². The SMILES string of the molecule is N#CCCn1cc(C(=O)CSc2nnc(-c3ccccc3)n2-c2ccc(F)cc2)c2ccccc21. The lowest BCUT2D eigenvalue weighted by atomic mass is 10.1. The molecule has 0 aliphatic carbocycles. The lowest BCUT2D eigenvalue weighted by Crippen LogP contribution is -2.05. The van der Waals surface area contributed by atoms with Crippen LogP contribution in [-0.4, -0.2) is 30.9 Å². The quantitative estimate of drug-likeness (QED) is 0.203. The Bertz CT molecular complexity index is 1530. The molecule has 8 heteroatoms. The normalized spacial score (nSPS) is 11.0. The Balaban J connectivity index is 1.47. The molecule has 5 rings (SSSR count). The van der Waals surface area contributed by atoms with Gasteiger partial charge in [-0.2, -0.15) is 5.26 Å². The van der Waals surface area contributed by atoms with Gasteiger partial charge in [0.25, 0.3) is 0 Å². The molecule has 3 aromatic carbocycles. The molecule has 2 heterocycles. The second-order valence-corrected chi connectivity index (χ2v) is 8.80. The first kappa shape index (κ1) is 22.6. The lowest BCUT2D eigenvalue weighted by molar-refractivity contribution is 0.102. The molecule has 0 spiro atoms. The Hall–Kier alpha value is -4.22. The number of benzene rings is 3. The van der Waals surface area contributed by atoms with Crippen molar-refractivity contribution in [3.8, 4) is 23.1 Å². The molecule has 0 fully saturated rings. The molecule has 0 amide bonds. The summed E-state index contributed by atoms with van der Waals surface area (Å²) in [6.45, 7) is 0.525. The van der Waals surface area contributed by atoms with Gasteiger partial charge in [0.05, 0.1) is 18.2 Å². The number of para-hydroxylation sites is 1. The number of carbonyl (C=O) groups excluding carboxylic acids is 1. The van der Waals surface area contributed by atoms with Gasteiger partial charge in [-0.05, 0) is 30.3 Å². The van der Waals surface area contributed by atoms with Gasteiger partial charge in [0.15, 0.2) is 16.8 Å². The van der Waals surface area contributed by atoms with Crippen LogP contribution >= 0.6 is 11.8 Å². The molecule has 0 unspecified atom stereocenters. The van der Waals surface area contributed by atoms with Gasteiger partial charge in [-0.1, -0.05) is 60.3 Å². The molecule has 0 aliphatic rings. The fourth-order valence-electron chi connectivity index (χ4n) is 3.99. The summed E-state index contributed by atoms with van der Waals surface area (Å²) < 4.78 is 17.4. The van der Waals surface area contributed by atoms with Gasteiger partial charge in [-0.3, -0.25) is 9.36 Å². The standard InChI is InChI=1S/C27H20FN5OS/c28-20-11-13-21(14-12-20)33-26(19-7-2-1-3-8-19)30-31-27(33)35-18-25(34)23-17-32(16-6-15-29)24-10-5-4-9-22(23)24/h1-5,7-14,17H,6,16,18H2. The molecule has 0 radical (unpaired) electrons. The van der Waals surface area contributed by atoms with Crippen molar-refractivity contribution in [1.29, 1.82) is 5.26 Å². The van der Waals surface area contributed by atoms with E-state index in [9.17, 15) is 9.18 Å². The predicted octanol–water partition coefficient (Wildman–Crippen LogP) is 5.92. The van der Waals surface area contributed by atoms with Gasteiger partial charge in [-0.15, -0.1) is 10.2 Å². The van der Waals surface area contributed by atoms with E-state index in [0.717, 1.165) is 16.5 Å². The van der Waals surface area contributed by atoms with Crippen LogP contribution in [0.5, 0.6) is 0 Å². The third-order valence-electron chi connectivity index (χ3n) is 5.64. The summed E-state index contributed by atoms with van der Waals surface area (Å²) in [5.41, 5.74) is 3.11. The van der Waals surface area contributed by atoms with E-state index in [1.54, 1.807) is 12.1 Å². The number of rotatable bonds is 8. The third kappa shape index (κ3) is 4.59. The number of halogens is 1. The van der Waals surface area contributed by atoms with E-state index in [1.165, 1.54) is 23.9 Å². The van der Waals surface area contributed by atoms with Crippen LogP contribution in [0.1, 0.15) is 16.8 Å². The summed E-state index contributed by atoms with van der Waals surface area (Å²) >= 11 is 1.28. The van der Waals surface area contributed by atoms with Crippen LogP contribution in [0, 0.1) is 17.1 Å². The Morgan fingerprint density at radius 3 is 2.49 bits per heavy atom. The molecule has 2 aromatic heterocycles. The van der Waals surface area contributed by atoms with E-state index in [0.29, 0.717) is 35.2 Å². The fraction of sp³-hybridized carbons (Fsp3) is 0.111. The molecule has 172 valence electrons. The number of Topliss-reactive ketones (excluding diaryl/α,β-unsaturated/α-hetero) is 1. The number of ketones is 1. The van der Waals surface area contributed by atoms with E-state index >= 15 is 0 Å². The molecule has 5 aromatic rings. The summed E-state index contributed by atoms with van der Waals surface area (Å²) in [7, 11) is 0. The number of aromatic nitrogens is 4. The summed E-state index contributed by atoms with van der Waals surface area (Å²) in [5.74, 6) is 0.387. The first-order valence-electron chi connectivity index (χ1n) is 11.0. The highest BCUT2D eigenvalue weighted by atomic mass is 32.2. The van der Waals surface area contributed by atoms with Crippen LogP contribution in [-0.2, 0) is 6.54 Å². The van der Waals surface area contributed by atoms with Gasteiger partial charge >= 0.3 is 0 Å². The molecular weight excluding hydrogens is 461 g/mol. The number of aryl methyl sites for hydroxylation is 1. The average molecular weight is 482 g/mol. The molecule has 0 saturated carbocycles. The van der Waals surface area contributed by atoms with Crippen molar-refractivity contribution in [3.05, 3.63) is 96.4 Å². The maximum atomic E-state index is 13.6. The van der Waals surface area contributed by atoms with Crippen molar-refractivity contribution < 1.29 is 9.18 Å². The maximum absolute atomic E-state index is 13.6. The van der Waals surface area contributed by atoms with E-state index in [4.69, 9.17) is 5.26 Å². The molecule has 35 heavy (non-hydrogen) atoms. The first-order valence-corrected chi connectivity index (χ1v) is 12.0. The second kappa shape index (κ2) is 9.95. The largest absolute Gasteiger partial charge is 0.346 e. The Labute approximate surface area is 205 Å².